The molecule has 1 aliphatic heterocycles. The average molecular weight is 452 g/mol. The number of methoxy groups -OCH3 is 1. The van der Waals surface area contributed by atoms with E-state index >= 15 is 0 Å². The van der Waals surface area contributed by atoms with Crippen molar-refractivity contribution in [2.75, 3.05) is 20.2 Å². The molecule has 6 nitrogen and oxygen atoms in total. The smallest absolute Gasteiger partial charge is 0.264 e. The van der Waals surface area contributed by atoms with Gasteiger partial charge in [-0.15, -0.1) is 11.3 Å². The summed E-state index contributed by atoms with van der Waals surface area (Å²) in [6.07, 6.45) is 2.05. The van der Waals surface area contributed by atoms with Crippen molar-refractivity contribution in [3.05, 3.63) is 76.2 Å². The number of amides is 2. The van der Waals surface area contributed by atoms with Gasteiger partial charge in [0.1, 0.15) is 12.3 Å². The monoisotopic (exact) mass is 451 g/mol. The van der Waals surface area contributed by atoms with Gasteiger partial charge in [-0.1, -0.05) is 18.2 Å². The van der Waals surface area contributed by atoms with Gasteiger partial charge in [0.2, 0.25) is 5.91 Å². The lowest BCUT2D eigenvalue weighted by Gasteiger charge is -2.41. The van der Waals surface area contributed by atoms with Crippen LogP contribution in [0.1, 0.15) is 47.7 Å². The quantitative estimate of drug-likeness (QED) is 0.577. The molecule has 4 rings (SSSR count). The zero-order valence-corrected chi connectivity index (χ0v) is 19.8. The molecule has 0 bridgehead atoms. The Morgan fingerprint density at radius 1 is 1.12 bits per heavy atom. The van der Waals surface area contributed by atoms with Gasteiger partial charge in [0.25, 0.3) is 5.91 Å². The Labute approximate surface area is 193 Å². The lowest BCUT2D eigenvalue weighted by atomic mass is 9.99. The number of hydrogen-bond acceptors (Lipinski definition) is 4. The molecular formula is C25H29N3O3S. The number of ether oxygens (including phenoxy) is 1. The fourth-order valence-electron chi connectivity index (χ4n) is 4.19. The molecule has 0 aliphatic carbocycles. The van der Waals surface area contributed by atoms with Crippen LogP contribution in [-0.4, -0.2) is 51.9 Å². The molecule has 1 aromatic carbocycles. The molecule has 0 saturated heterocycles. The van der Waals surface area contributed by atoms with Crippen LogP contribution in [0, 0.1) is 0 Å². The summed E-state index contributed by atoms with van der Waals surface area (Å²) in [5.41, 5.74) is 1.56. The molecule has 0 N–H and O–H groups in total. The van der Waals surface area contributed by atoms with Crippen molar-refractivity contribution in [3.63, 3.8) is 0 Å². The summed E-state index contributed by atoms with van der Waals surface area (Å²) in [6, 6.07) is 15.3. The third-order valence-electron chi connectivity index (χ3n) is 5.85. The molecular weight excluding hydrogens is 422 g/mol. The predicted molar refractivity (Wildman–Crippen MR) is 126 cm³/mol. The third kappa shape index (κ3) is 4.30. The minimum absolute atomic E-state index is 0.0292. The van der Waals surface area contributed by atoms with Gasteiger partial charge in [-0.05, 0) is 62.0 Å². The van der Waals surface area contributed by atoms with Gasteiger partial charge >= 0.3 is 0 Å². The van der Waals surface area contributed by atoms with E-state index in [2.05, 4.69) is 10.6 Å². The molecule has 3 heterocycles. The summed E-state index contributed by atoms with van der Waals surface area (Å²) in [5.74, 6) is 0.576. The SMILES string of the molecule is COc1cccc(C2c3cccn3CCN2C(=O)CN(C(=O)c2cccs2)C(C)(C)C)c1. The van der Waals surface area contributed by atoms with Crippen LogP contribution in [0.4, 0.5) is 0 Å². The van der Waals surface area contributed by atoms with Crippen molar-refractivity contribution < 1.29 is 14.3 Å². The maximum Gasteiger partial charge on any atom is 0.264 e. The fourth-order valence-corrected chi connectivity index (χ4v) is 4.86. The van der Waals surface area contributed by atoms with Gasteiger partial charge in [0.05, 0.1) is 18.0 Å². The zero-order chi connectivity index (χ0) is 22.9. The lowest BCUT2D eigenvalue weighted by molar-refractivity contribution is -0.135. The number of hydrogen-bond donors (Lipinski definition) is 0. The van der Waals surface area contributed by atoms with Crippen molar-refractivity contribution in [2.24, 2.45) is 0 Å². The highest BCUT2D eigenvalue weighted by Gasteiger charge is 2.36. The molecule has 2 amide bonds. The number of aromatic nitrogens is 1. The first-order valence-electron chi connectivity index (χ1n) is 10.7. The van der Waals surface area contributed by atoms with E-state index in [0.717, 1.165) is 23.6 Å². The minimum Gasteiger partial charge on any atom is -0.497 e. The van der Waals surface area contributed by atoms with E-state index in [1.54, 1.807) is 12.0 Å². The first-order valence-corrected chi connectivity index (χ1v) is 11.6. The number of carbonyl (C=O) groups excluding carboxylic acids is 2. The molecule has 3 aromatic rings. The average Bonchev–Trinajstić information content (AvgIpc) is 3.47. The second kappa shape index (κ2) is 8.82. The van der Waals surface area contributed by atoms with Gasteiger partial charge in [-0.2, -0.15) is 0 Å². The molecule has 0 saturated carbocycles. The molecule has 1 aliphatic rings. The molecule has 0 radical (unpaired) electrons. The predicted octanol–water partition coefficient (Wildman–Crippen LogP) is 4.43. The normalized spacial score (nSPS) is 15.9. The van der Waals surface area contributed by atoms with E-state index in [4.69, 9.17) is 4.74 Å². The number of thiophene rings is 1. The van der Waals surface area contributed by atoms with Gasteiger partial charge in [0, 0.05) is 30.5 Å². The molecule has 0 spiro atoms. The van der Waals surface area contributed by atoms with Crippen molar-refractivity contribution in [2.45, 2.75) is 38.9 Å². The Morgan fingerprint density at radius 2 is 1.94 bits per heavy atom. The van der Waals surface area contributed by atoms with Crippen molar-refractivity contribution in [1.29, 1.82) is 0 Å². The summed E-state index contributed by atoms with van der Waals surface area (Å²) in [4.78, 5) is 31.1. The molecule has 168 valence electrons. The van der Waals surface area contributed by atoms with Gasteiger partial charge < -0.3 is 19.1 Å². The van der Waals surface area contributed by atoms with Gasteiger partial charge in [-0.3, -0.25) is 9.59 Å². The van der Waals surface area contributed by atoms with Crippen LogP contribution in [0.3, 0.4) is 0 Å². The maximum atomic E-state index is 13.7. The zero-order valence-electron chi connectivity index (χ0n) is 18.9. The van der Waals surface area contributed by atoms with Crippen LogP contribution >= 0.6 is 11.3 Å². The largest absolute Gasteiger partial charge is 0.497 e. The highest BCUT2D eigenvalue weighted by molar-refractivity contribution is 7.12. The highest BCUT2D eigenvalue weighted by atomic mass is 32.1. The third-order valence-corrected chi connectivity index (χ3v) is 6.71. The number of carbonyl (C=O) groups is 2. The highest BCUT2D eigenvalue weighted by Crippen LogP contribution is 2.34. The molecule has 1 unspecified atom stereocenters. The first-order chi connectivity index (χ1) is 15.3. The van der Waals surface area contributed by atoms with E-state index in [1.807, 2.05) is 79.7 Å². The fraction of sp³-hybridized carbons (Fsp3) is 0.360. The van der Waals surface area contributed by atoms with Crippen LogP contribution in [0.5, 0.6) is 5.75 Å². The number of fused-ring (bicyclic) bond motifs is 1. The number of nitrogens with zero attached hydrogens (tertiary/aromatic N) is 3. The van der Waals surface area contributed by atoms with Crippen LogP contribution < -0.4 is 4.74 Å². The van der Waals surface area contributed by atoms with Crippen LogP contribution in [0.15, 0.2) is 60.1 Å². The Hall–Kier alpha value is -3.06. The van der Waals surface area contributed by atoms with Gasteiger partial charge in [-0.25, -0.2) is 0 Å². The van der Waals surface area contributed by atoms with E-state index in [0.29, 0.717) is 11.4 Å². The van der Waals surface area contributed by atoms with Gasteiger partial charge in [0.15, 0.2) is 0 Å². The van der Waals surface area contributed by atoms with Crippen molar-refractivity contribution in [3.8, 4) is 5.75 Å². The Kier molecular flexibility index (Phi) is 6.11. The van der Waals surface area contributed by atoms with Crippen molar-refractivity contribution >= 4 is 23.2 Å². The second-order valence-electron chi connectivity index (χ2n) is 8.93. The molecule has 32 heavy (non-hydrogen) atoms. The van der Waals surface area contributed by atoms with Crippen LogP contribution in [0.2, 0.25) is 0 Å². The first kappa shape index (κ1) is 22.1. The molecule has 0 fully saturated rings. The summed E-state index contributed by atoms with van der Waals surface area (Å²) in [7, 11) is 1.64. The molecule has 7 heteroatoms. The van der Waals surface area contributed by atoms with E-state index in [1.165, 1.54) is 11.3 Å². The van der Waals surface area contributed by atoms with Crippen LogP contribution in [0.25, 0.3) is 0 Å². The van der Waals surface area contributed by atoms with E-state index in [9.17, 15) is 9.59 Å². The van der Waals surface area contributed by atoms with Crippen LogP contribution in [-0.2, 0) is 11.3 Å². The summed E-state index contributed by atoms with van der Waals surface area (Å²) >= 11 is 1.40. The summed E-state index contributed by atoms with van der Waals surface area (Å²) < 4.78 is 7.62. The molecule has 2 aromatic heterocycles. The van der Waals surface area contributed by atoms with E-state index in [-0.39, 0.29) is 24.4 Å². The summed E-state index contributed by atoms with van der Waals surface area (Å²) in [6.45, 7) is 7.23. The number of rotatable bonds is 5. The van der Waals surface area contributed by atoms with E-state index < -0.39 is 5.54 Å². The minimum atomic E-state index is -0.488. The Balaban J connectivity index is 1.67. The summed E-state index contributed by atoms with van der Waals surface area (Å²) in [5, 5.41) is 1.88. The Bertz CT molecular complexity index is 1100. The second-order valence-corrected chi connectivity index (χ2v) is 9.88. The molecule has 1 atom stereocenters. The van der Waals surface area contributed by atoms with Crippen molar-refractivity contribution in [1.82, 2.24) is 14.4 Å². The Morgan fingerprint density at radius 3 is 2.62 bits per heavy atom. The lowest BCUT2D eigenvalue weighted by Crippen LogP contribution is -2.53. The topological polar surface area (TPSA) is 54.8 Å². The number of benzene rings is 1. The standard InChI is InChI=1S/C25H29N3O3S/c1-25(2,3)28(24(30)21-11-7-15-32-21)17-22(29)27-14-13-26-12-6-10-20(26)23(27)18-8-5-9-19(16-18)31-4/h5-12,15-16,23H,13-14,17H2,1-4H3. The maximum absolute atomic E-state index is 13.7.